The summed E-state index contributed by atoms with van der Waals surface area (Å²) >= 11 is 0. The monoisotopic (exact) mass is 342 g/mol. The van der Waals surface area contributed by atoms with Crippen LogP contribution in [0.3, 0.4) is 0 Å². The molecule has 134 valence electrons. The number of carbonyl (C=O) groups excluding carboxylic acids is 3. The summed E-state index contributed by atoms with van der Waals surface area (Å²) < 4.78 is 17.5. The van der Waals surface area contributed by atoms with Crippen molar-refractivity contribution in [1.82, 2.24) is 5.06 Å². The molecule has 24 heavy (non-hydrogen) atoms. The van der Waals surface area contributed by atoms with Crippen LogP contribution in [-0.4, -0.2) is 55.6 Å². The van der Waals surface area contributed by atoms with Gasteiger partial charge in [0.25, 0.3) is 0 Å². The van der Waals surface area contributed by atoms with Crippen molar-refractivity contribution in [1.29, 1.82) is 0 Å². The van der Waals surface area contributed by atoms with E-state index >= 15 is 0 Å². The second kappa shape index (κ2) is 12.3. The Labute approximate surface area is 140 Å². The van der Waals surface area contributed by atoms with E-state index in [9.17, 15) is 18.8 Å². The molecule has 3 N–H and O–H groups in total. The molecule has 0 saturated carbocycles. The van der Waals surface area contributed by atoms with Crippen LogP contribution in [0.2, 0.25) is 0 Å². The van der Waals surface area contributed by atoms with Gasteiger partial charge in [0.2, 0.25) is 5.91 Å². The molecule has 0 fully saturated rings. The average Bonchev–Trinajstić information content (AvgIpc) is 2.61. The number of hydrogen-bond acceptors (Lipinski definition) is 6. The molecular weight excluding hydrogens is 319 g/mol. The highest BCUT2D eigenvalue weighted by Gasteiger charge is 2.18. The number of nitrogens with zero attached hydrogens (tertiary/aromatic N) is 1. The Bertz CT molecular complexity index is 508. The first kappa shape index (κ1) is 21.8. The Hall–Kier alpha value is -2.16. The van der Waals surface area contributed by atoms with Crippen LogP contribution in [0.25, 0.3) is 0 Å². The van der Waals surface area contributed by atoms with Gasteiger partial charge in [-0.15, -0.1) is 0 Å². The topological polar surface area (TPSA) is 110 Å². The maximum Gasteiger partial charge on any atom is 0.246 e. The lowest BCUT2D eigenvalue weighted by atomic mass is 10.0. The zero-order valence-corrected chi connectivity index (χ0v) is 13.7. The predicted octanol–water partition coefficient (Wildman–Crippen LogP) is 1.30. The van der Waals surface area contributed by atoms with E-state index in [-0.39, 0.29) is 12.8 Å². The molecule has 1 aromatic carbocycles. The number of benzene rings is 1. The molecule has 7 nitrogen and oxygen atoms in total. The first-order valence-corrected chi connectivity index (χ1v) is 7.19. The fourth-order valence-corrected chi connectivity index (χ4v) is 1.75. The number of ether oxygens (including phenoxy) is 1. The Balaban J connectivity index is 0.000000506. The van der Waals surface area contributed by atoms with Crippen LogP contribution in [0, 0.1) is 0 Å². The van der Waals surface area contributed by atoms with Gasteiger partial charge in [0.15, 0.2) is 0 Å². The standard InChI is InChI=1S/C11H14FNO2.C5H9NO3/c1-15-11(10(13)6-12)9-4-2-8(7-14)3-5-9;1-6(9)5(8)3-2-4-7/h2-5,7,10-11H,6,13H2,1H3;4,9H,2-3H2,1H3. The molecule has 0 aromatic heterocycles. The molecule has 0 aliphatic rings. The largest absolute Gasteiger partial charge is 0.375 e. The average molecular weight is 342 g/mol. The number of amides is 1. The minimum Gasteiger partial charge on any atom is -0.375 e. The van der Waals surface area contributed by atoms with Crippen LogP contribution in [0.5, 0.6) is 0 Å². The van der Waals surface area contributed by atoms with Gasteiger partial charge in [0.1, 0.15) is 19.2 Å². The quantitative estimate of drug-likeness (QED) is 0.418. The maximum atomic E-state index is 12.4. The SMILES string of the molecule is CN(O)C(=O)CCC=O.COC(c1ccc(C=O)cc1)C(N)CF. The Morgan fingerprint density at radius 1 is 1.38 bits per heavy atom. The van der Waals surface area contributed by atoms with Gasteiger partial charge in [-0.05, 0) is 5.56 Å². The van der Waals surface area contributed by atoms with Crippen molar-refractivity contribution in [3.8, 4) is 0 Å². The lowest BCUT2D eigenvalue weighted by molar-refractivity contribution is -0.159. The minimum absolute atomic E-state index is 0.0799. The van der Waals surface area contributed by atoms with Crippen LogP contribution >= 0.6 is 0 Å². The van der Waals surface area contributed by atoms with Crippen LogP contribution in [0.15, 0.2) is 24.3 Å². The molecule has 0 heterocycles. The first-order valence-electron chi connectivity index (χ1n) is 7.19. The molecule has 0 spiro atoms. The maximum absolute atomic E-state index is 12.4. The number of hydroxylamine groups is 2. The minimum atomic E-state index is -0.683. The number of hydrogen-bond donors (Lipinski definition) is 2. The Morgan fingerprint density at radius 2 is 1.96 bits per heavy atom. The molecule has 2 unspecified atom stereocenters. The number of methoxy groups -OCH3 is 1. The summed E-state index contributed by atoms with van der Waals surface area (Å²) in [7, 11) is 2.71. The van der Waals surface area contributed by atoms with Crippen LogP contribution in [-0.2, 0) is 14.3 Å². The van der Waals surface area contributed by atoms with Crippen molar-refractivity contribution < 1.29 is 28.7 Å². The molecular formula is C16H23FN2O5. The van der Waals surface area contributed by atoms with E-state index in [0.717, 1.165) is 11.8 Å². The van der Waals surface area contributed by atoms with E-state index in [1.807, 2.05) is 0 Å². The summed E-state index contributed by atoms with van der Waals surface area (Å²) in [6.07, 6.45) is 1.16. The van der Waals surface area contributed by atoms with Gasteiger partial charge in [0, 0.05) is 32.6 Å². The zero-order valence-electron chi connectivity index (χ0n) is 13.7. The first-order chi connectivity index (χ1) is 11.4. The fraction of sp³-hybridized carbons (Fsp3) is 0.438. The third kappa shape index (κ3) is 7.91. The number of alkyl halides is 1. The van der Waals surface area contributed by atoms with Gasteiger partial charge >= 0.3 is 0 Å². The van der Waals surface area contributed by atoms with Crippen molar-refractivity contribution >= 4 is 18.5 Å². The smallest absolute Gasteiger partial charge is 0.246 e. The van der Waals surface area contributed by atoms with Gasteiger partial charge in [-0.3, -0.25) is 14.8 Å². The predicted molar refractivity (Wildman–Crippen MR) is 85.4 cm³/mol. The van der Waals surface area contributed by atoms with E-state index in [2.05, 4.69) is 0 Å². The van der Waals surface area contributed by atoms with E-state index < -0.39 is 24.7 Å². The summed E-state index contributed by atoms with van der Waals surface area (Å²) in [4.78, 5) is 30.5. The lowest BCUT2D eigenvalue weighted by Crippen LogP contribution is -2.31. The molecule has 1 amide bonds. The van der Waals surface area contributed by atoms with Crippen molar-refractivity contribution in [2.24, 2.45) is 5.73 Å². The second-order valence-electron chi connectivity index (χ2n) is 4.88. The van der Waals surface area contributed by atoms with Gasteiger partial charge < -0.3 is 15.3 Å². The molecule has 1 rings (SSSR count). The molecule has 8 heteroatoms. The third-order valence-corrected chi connectivity index (χ3v) is 3.06. The molecule has 1 aromatic rings. The van der Waals surface area contributed by atoms with Crippen molar-refractivity contribution in [2.45, 2.75) is 25.0 Å². The highest BCUT2D eigenvalue weighted by Crippen LogP contribution is 2.20. The van der Waals surface area contributed by atoms with Crippen molar-refractivity contribution in [2.75, 3.05) is 20.8 Å². The molecule has 0 saturated heterocycles. The lowest BCUT2D eigenvalue weighted by Gasteiger charge is -2.20. The summed E-state index contributed by atoms with van der Waals surface area (Å²) in [5.41, 5.74) is 6.90. The number of aldehydes is 2. The number of halogens is 1. The summed E-state index contributed by atoms with van der Waals surface area (Å²) in [6.45, 7) is -0.645. The molecule has 0 aliphatic carbocycles. The van der Waals surface area contributed by atoms with Crippen LogP contribution < -0.4 is 5.73 Å². The fourth-order valence-electron chi connectivity index (χ4n) is 1.75. The van der Waals surface area contributed by atoms with Crippen LogP contribution in [0.1, 0.15) is 34.9 Å². The molecule has 0 radical (unpaired) electrons. The van der Waals surface area contributed by atoms with Gasteiger partial charge in [0.05, 0.1) is 12.1 Å². The van der Waals surface area contributed by atoms with Crippen molar-refractivity contribution in [3.05, 3.63) is 35.4 Å². The zero-order chi connectivity index (χ0) is 18.5. The van der Waals surface area contributed by atoms with E-state index in [0.29, 0.717) is 16.9 Å². The van der Waals surface area contributed by atoms with E-state index in [1.165, 1.54) is 14.2 Å². The van der Waals surface area contributed by atoms with E-state index in [4.69, 9.17) is 15.7 Å². The van der Waals surface area contributed by atoms with Crippen LogP contribution in [0.4, 0.5) is 4.39 Å². The Morgan fingerprint density at radius 3 is 2.33 bits per heavy atom. The van der Waals surface area contributed by atoms with Gasteiger partial charge in [-0.1, -0.05) is 24.3 Å². The second-order valence-corrected chi connectivity index (χ2v) is 4.88. The highest BCUT2D eigenvalue weighted by atomic mass is 19.1. The molecule has 2 atom stereocenters. The number of nitrogens with two attached hydrogens (primary N) is 1. The molecule has 0 aliphatic heterocycles. The number of carbonyl (C=O) groups is 3. The van der Waals surface area contributed by atoms with Gasteiger partial charge in [-0.25, -0.2) is 9.45 Å². The third-order valence-electron chi connectivity index (χ3n) is 3.06. The summed E-state index contributed by atoms with van der Waals surface area (Å²) in [5, 5.41) is 8.89. The summed E-state index contributed by atoms with van der Waals surface area (Å²) in [6, 6.07) is 6.05. The highest BCUT2D eigenvalue weighted by molar-refractivity contribution is 5.76. The van der Waals surface area contributed by atoms with Crippen molar-refractivity contribution in [3.63, 3.8) is 0 Å². The molecule has 0 bridgehead atoms. The van der Waals surface area contributed by atoms with Gasteiger partial charge in [-0.2, -0.15) is 0 Å². The summed E-state index contributed by atoms with van der Waals surface area (Å²) in [5.74, 6) is -0.442. The Kier molecular flexibility index (Phi) is 11.2. The van der Waals surface area contributed by atoms with E-state index in [1.54, 1.807) is 24.3 Å². The normalized spacial score (nSPS) is 12.4. The number of rotatable bonds is 8.